The first kappa shape index (κ1) is 22.6. The van der Waals surface area contributed by atoms with E-state index in [2.05, 4.69) is 10.6 Å². The summed E-state index contributed by atoms with van der Waals surface area (Å²) < 4.78 is 4.90. The lowest BCUT2D eigenvalue weighted by Crippen LogP contribution is -2.43. The van der Waals surface area contributed by atoms with E-state index in [9.17, 15) is 19.2 Å². The fourth-order valence-corrected chi connectivity index (χ4v) is 1.89. The molecule has 10 nitrogen and oxygen atoms in total. The van der Waals surface area contributed by atoms with E-state index in [1.807, 2.05) is 0 Å². The Labute approximate surface area is 146 Å². The van der Waals surface area contributed by atoms with Crippen molar-refractivity contribution < 1.29 is 34.1 Å². The number of carbonyl (C=O) groups is 4. The Morgan fingerprint density at radius 2 is 1.88 bits per heavy atom. The van der Waals surface area contributed by atoms with Gasteiger partial charge in [0.25, 0.3) is 0 Å². The van der Waals surface area contributed by atoms with Crippen LogP contribution in [0.4, 0.5) is 4.79 Å². The monoisotopic (exact) mass is 361 g/mol. The first-order chi connectivity index (χ1) is 11.4. The van der Waals surface area contributed by atoms with E-state index >= 15 is 0 Å². The lowest BCUT2D eigenvalue weighted by atomic mass is 10.1. The van der Waals surface area contributed by atoms with E-state index < -0.39 is 35.6 Å². The van der Waals surface area contributed by atoms with E-state index in [1.54, 1.807) is 20.8 Å². The standard InChI is InChI=1S/C10H18N2O5.C5H9NO2/c1-10(2,3)17-9(16)12-6(8(14)15)4-5-7(11)13;7-5(8)4-2-1-3-6-4/h6H,4-5H2,1-3H3,(H2,11,13)(H,12,16)(H,14,15);4,6H,1-3H2,(H,7,8)/t6-;4-/m00/s1. The van der Waals surface area contributed by atoms with Crippen molar-refractivity contribution in [3.8, 4) is 0 Å². The van der Waals surface area contributed by atoms with Crippen molar-refractivity contribution in [3.05, 3.63) is 0 Å². The Morgan fingerprint density at radius 1 is 1.28 bits per heavy atom. The molecule has 0 radical (unpaired) electrons. The van der Waals surface area contributed by atoms with Gasteiger partial charge in [0.05, 0.1) is 0 Å². The number of primary amides is 1. The Morgan fingerprint density at radius 3 is 2.20 bits per heavy atom. The predicted molar refractivity (Wildman–Crippen MR) is 87.9 cm³/mol. The number of ether oxygens (including phenoxy) is 1. The molecule has 0 spiro atoms. The zero-order chi connectivity index (χ0) is 19.6. The molecule has 1 aliphatic heterocycles. The summed E-state index contributed by atoms with van der Waals surface area (Å²) in [6.07, 6.45) is 0.762. The van der Waals surface area contributed by atoms with E-state index in [-0.39, 0.29) is 18.9 Å². The molecule has 0 aromatic carbocycles. The molecular weight excluding hydrogens is 334 g/mol. The second-order valence-corrected chi connectivity index (χ2v) is 6.53. The maximum atomic E-state index is 11.3. The zero-order valence-electron chi connectivity index (χ0n) is 14.7. The van der Waals surface area contributed by atoms with Crippen LogP contribution in [0.25, 0.3) is 0 Å². The van der Waals surface area contributed by atoms with Gasteiger partial charge in [-0.1, -0.05) is 0 Å². The zero-order valence-corrected chi connectivity index (χ0v) is 14.7. The van der Waals surface area contributed by atoms with Crippen LogP contribution in [-0.4, -0.2) is 58.4 Å². The fourth-order valence-electron chi connectivity index (χ4n) is 1.89. The van der Waals surface area contributed by atoms with Crippen LogP contribution in [0.3, 0.4) is 0 Å². The van der Waals surface area contributed by atoms with Crippen molar-refractivity contribution in [2.45, 2.75) is 64.1 Å². The molecule has 1 rings (SSSR count). The van der Waals surface area contributed by atoms with Crippen molar-refractivity contribution in [2.75, 3.05) is 6.54 Å². The molecule has 1 saturated heterocycles. The van der Waals surface area contributed by atoms with E-state index in [4.69, 9.17) is 20.7 Å². The molecule has 144 valence electrons. The number of hydrogen-bond acceptors (Lipinski definition) is 6. The molecule has 0 aromatic heterocycles. The van der Waals surface area contributed by atoms with E-state index in [0.29, 0.717) is 0 Å². The molecule has 6 N–H and O–H groups in total. The van der Waals surface area contributed by atoms with Gasteiger partial charge in [-0.15, -0.1) is 0 Å². The molecule has 0 aliphatic carbocycles. The molecular formula is C15H27N3O7. The van der Waals surface area contributed by atoms with Crippen LogP contribution in [0.15, 0.2) is 0 Å². The highest BCUT2D eigenvalue weighted by Gasteiger charge is 2.24. The number of amides is 2. The van der Waals surface area contributed by atoms with Crippen molar-refractivity contribution >= 4 is 23.9 Å². The topological polar surface area (TPSA) is 168 Å². The van der Waals surface area contributed by atoms with Crippen molar-refractivity contribution in [1.82, 2.24) is 10.6 Å². The normalized spacial score (nSPS) is 17.6. The maximum absolute atomic E-state index is 11.3. The molecule has 1 aliphatic rings. The highest BCUT2D eigenvalue weighted by molar-refractivity contribution is 5.81. The van der Waals surface area contributed by atoms with Crippen LogP contribution in [-0.2, 0) is 19.1 Å². The van der Waals surface area contributed by atoms with Crippen molar-refractivity contribution in [1.29, 1.82) is 0 Å². The number of aliphatic carboxylic acids is 2. The number of nitrogens with one attached hydrogen (secondary N) is 2. The van der Waals surface area contributed by atoms with Crippen LogP contribution in [0.2, 0.25) is 0 Å². The number of alkyl carbamates (subject to hydrolysis) is 1. The predicted octanol–water partition coefficient (Wildman–Crippen LogP) is 0.0528. The fraction of sp³-hybridized carbons (Fsp3) is 0.733. The second-order valence-electron chi connectivity index (χ2n) is 6.53. The summed E-state index contributed by atoms with van der Waals surface area (Å²) in [5.41, 5.74) is 4.19. The SMILES string of the molecule is CC(C)(C)OC(=O)N[C@@H](CCC(N)=O)C(=O)O.O=C(O)[C@@H]1CCCN1. The molecule has 0 saturated carbocycles. The minimum atomic E-state index is -1.24. The minimum Gasteiger partial charge on any atom is -0.480 e. The highest BCUT2D eigenvalue weighted by atomic mass is 16.6. The second kappa shape index (κ2) is 10.5. The summed E-state index contributed by atoms with van der Waals surface area (Å²) in [7, 11) is 0. The average molecular weight is 361 g/mol. The third-order valence-corrected chi connectivity index (χ3v) is 3.03. The van der Waals surface area contributed by atoms with Gasteiger partial charge in [-0.05, 0) is 46.6 Å². The number of nitrogens with two attached hydrogens (primary N) is 1. The maximum Gasteiger partial charge on any atom is 0.408 e. The summed E-state index contributed by atoms with van der Waals surface area (Å²) in [5.74, 6) is -2.58. The molecule has 1 fully saturated rings. The quantitative estimate of drug-likeness (QED) is 0.442. The number of hydrogen-bond donors (Lipinski definition) is 5. The van der Waals surface area contributed by atoms with Crippen LogP contribution in [0, 0.1) is 0 Å². The molecule has 0 unspecified atom stereocenters. The van der Waals surface area contributed by atoms with Gasteiger partial charge in [0, 0.05) is 6.42 Å². The largest absolute Gasteiger partial charge is 0.480 e. The first-order valence-electron chi connectivity index (χ1n) is 7.89. The average Bonchev–Trinajstić information content (AvgIpc) is 2.95. The summed E-state index contributed by atoms with van der Waals surface area (Å²) >= 11 is 0. The van der Waals surface area contributed by atoms with Crippen LogP contribution in [0.5, 0.6) is 0 Å². The lowest BCUT2D eigenvalue weighted by Gasteiger charge is -2.21. The van der Waals surface area contributed by atoms with Gasteiger partial charge in [0.2, 0.25) is 5.91 Å². The smallest absolute Gasteiger partial charge is 0.408 e. The Balaban J connectivity index is 0.000000593. The van der Waals surface area contributed by atoms with Gasteiger partial charge < -0.3 is 31.3 Å². The van der Waals surface area contributed by atoms with Gasteiger partial charge >= 0.3 is 18.0 Å². The third-order valence-electron chi connectivity index (χ3n) is 3.03. The van der Waals surface area contributed by atoms with E-state index in [1.165, 1.54) is 0 Å². The van der Waals surface area contributed by atoms with Gasteiger partial charge in [-0.25, -0.2) is 9.59 Å². The molecule has 2 amide bonds. The van der Waals surface area contributed by atoms with Crippen molar-refractivity contribution in [3.63, 3.8) is 0 Å². The van der Waals surface area contributed by atoms with Gasteiger partial charge in [0.15, 0.2) is 0 Å². The number of carboxylic acids is 2. The third kappa shape index (κ3) is 11.8. The van der Waals surface area contributed by atoms with Crippen LogP contribution >= 0.6 is 0 Å². The summed E-state index contributed by atoms with van der Waals surface area (Å²) in [5, 5.41) is 22.2. The summed E-state index contributed by atoms with van der Waals surface area (Å²) in [4.78, 5) is 42.8. The molecule has 0 aromatic rings. The van der Waals surface area contributed by atoms with Gasteiger partial charge in [-0.3, -0.25) is 9.59 Å². The molecule has 10 heteroatoms. The lowest BCUT2D eigenvalue weighted by molar-refractivity contribution is -0.140. The Bertz CT molecular complexity index is 482. The Kier molecular flexibility index (Phi) is 9.50. The molecule has 0 bridgehead atoms. The molecule has 25 heavy (non-hydrogen) atoms. The summed E-state index contributed by atoms with van der Waals surface area (Å²) in [6, 6.07) is -1.45. The van der Waals surface area contributed by atoms with Crippen LogP contribution < -0.4 is 16.4 Å². The van der Waals surface area contributed by atoms with Crippen molar-refractivity contribution in [2.24, 2.45) is 5.73 Å². The van der Waals surface area contributed by atoms with Crippen LogP contribution in [0.1, 0.15) is 46.5 Å². The Hall–Kier alpha value is -2.36. The van der Waals surface area contributed by atoms with Gasteiger partial charge in [0.1, 0.15) is 17.7 Å². The number of rotatable bonds is 6. The summed E-state index contributed by atoms with van der Waals surface area (Å²) in [6.45, 7) is 5.83. The first-order valence-corrected chi connectivity index (χ1v) is 7.89. The minimum absolute atomic E-state index is 0.0656. The highest BCUT2D eigenvalue weighted by Crippen LogP contribution is 2.07. The van der Waals surface area contributed by atoms with Gasteiger partial charge in [-0.2, -0.15) is 0 Å². The molecule has 2 atom stereocenters. The molecule has 1 heterocycles. The van der Waals surface area contributed by atoms with E-state index in [0.717, 1.165) is 19.4 Å². The number of carbonyl (C=O) groups excluding carboxylic acids is 2. The number of carboxylic acid groups (broad SMARTS) is 2.